The molecule has 0 bridgehead atoms. The third-order valence-electron chi connectivity index (χ3n) is 0. The summed E-state index contributed by atoms with van der Waals surface area (Å²) in [4.78, 5) is 16.7. The first-order valence-corrected chi connectivity index (χ1v) is 1.13. The zero-order chi connectivity index (χ0) is 7.15. The average Bonchev–Trinajstić information content (AvgIpc) is 1.25. The molecule has 8 nitrogen and oxygen atoms in total. The van der Waals surface area contributed by atoms with E-state index in [2.05, 4.69) is 0 Å². The van der Waals surface area contributed by atoms with Gasteiger partial charge in [0.2, 0.25) is 0 Å². The van der Waals surface area contributed by atoms with E-state index in [1.807, 2.05) is 0 Å². The Balaban J connectivity index is -0.0000000300. The minimum absolute atomic E-state index is 0. The summed E-state index contributed by atoms with van der Waals surface area (Å²) in [6, 6.07) is 0. The standard InChI is InChI=1S/Ba.2HNO3.Na/c;2*2-1(3)4;/h;2*(H,2,3,4);/q+2;;;+1. The molecule has 0 rings (SSSR count). The molecule has 10 heavy (non-hydrogen) atoms. The van der Waals surface area contributed by atoms with Gasteiger partial charge >= 0.3 is 78.4 Å². The fraction of sp³-hybridized carbons (Fsp3) is 0. The van der Waals surface area contributed by atoms with Crippen molar-refractivity contribution in [3.63, 3.8) is 0 Å². The van der Waals surface area contributed by atoms with Crippen molar-refractivity contribution >= 4 is 48.9 Å². The molecule has 0 fully saturated rings. The SMILES string of the molecule is O=[N+]([O-])O.O=[N+]([O-])O.[Ba+2].[Na+]. The molecule has 0 aliphatic rings. The van der Waals surface area contributed by atoms with Crippen molar-refractivity contribution in [3.05, 3.63) is 20.2 Å². The van der Waals surface area contributed by atoms with Crippen molar-refractivity contribution in [3.8, 4) is 0 Å². The molecule has 2 N–H and O–H groups in total. The third kappa shape index (κ3) is 604. The predicted molar refractivity (Wildman–Crippen MR) is 23.3 cm³/mol. The molecule has 0 spiro atoms. The Morgan fingerprint density at radius 2 is 1.00 bits per heavy atom. The van der Waals surface area contributed by atoms with Crippen molar-refractivity contribution in [2.75, 3.05) is 0 Å². The molecule has 0 aromatic rings. The van der Waals surface area contributed by atoms with Crippen molar-refractivity contribution in [2.45, 2.75) is 0 Å². The molecule has 0 aromatic heterocycles. The van der Waals surface area contributed by atoms with Gasteiger partial charge in [0.05, 0.1) is 0 Å². The van der Waals surface area contributed by atoms with E-state index in [1.165, 1.54) is 0 Å². The number of hydrogen-bond acceptors (Lipinski definition) is 4. The second-order valence-corrected chi connectivity index (χ2v) is 0.476. The molecule has 0 atom stereocenters. The predicted octanol–water partition coefficient (Wildman–Crippen LogP) is -4.07. The summed E-state index contributed by atoms with van der Waals surface area (Å²) in [5.74, 6) is 0. The van der Waals surface area contributed by atoms with Crippen LogP contribution in [0.25, 0.3) is 0 Å². The van der Waals surface area contributed by atoms with Crippen molar-refractivity contribution < 1.29 is 50.1 Å². The van der Waals surface area contributed by atoms with Gasteiger partial charge in [-0.2, -0.15) is 0 Å². The molecular weight excluding hydrogens is 284 g/mol. The van der Waals surface area contributed by atoms with Crippen LogP contribution in [0.2, 0.25) is 0 Å². The second kappa shape index (κ2) is 16.5. The van der Waals surface area contributed by atoms with Crippen LogP contribution in [-0.4, -0.2) is 69.5 Å². The summed E-state index contributed by atoms with van der Waals surface area (Å²) in [6.45, 7) is 0. The van der Waals surface area contributed by atoms with Crippen LogP contribution < -0.4 is 29.6 Å². The van der Waals surface area contributed by atoms with Crippen LogP contribution in [0.1, 0.15) is 0 Å². The van der Waals surface area contributed by atoms with Crippen molar-refractivity contribution in [2.24, 2.45) is 0 Å². The first-order chi connectivity index (χ1) is 3.46. The fourth-order valence-electron chi connectivity index (χ4n) is 0. The maximum Gasteiger partial charge on any atom is 2.00 e. The smallest absolute Gasteiger partial charge is 0.328 e. The van der Waals surface area contributed by atoms with Crippen LogP contribution in [0.4, 0.5) is 0 Å². The Kier molecular flexibility index (Phi) is 37.1. The molecule has 0 saturated heterocycles. The molecule has 10 heteroatoms. The van der Waals surface area contributed by atoms with Gasteiger partial charge in [0.15, 0.2) is 0 Å². The van der Waals surface area contributed by atoms with Crippen LogP contribution in [0.15, 0.2) is 0 Å². The van der Waals surface area contributed by atoms with Gasteiger partial charge in [0.25, 0.3) is 10.2 Å². The van der Waals surface area contributed by atoms with Gasteiger partial charge in [-0.15, -0.1) is 20.2 Å². The Morgan fingerprint density at radius 1 is 1.00 bits per heavy atom. The first kappa shape index (κ1) is 22.4. The van der Waals surface area contributed by atoms with Gasteiger partial charge < -0.3 is 10.4 Å². The van der Waals surface area contributed by atoms with Crippen LogP contribution >= 0.6 is 0 Å². The molecule has 0 unspecified atom stereocenters. The molecule has 0 radical (unpaired) electrons. The summed E-state index contributed by atoms with van der Waals surface area (Å²) >= 11 is 0. The molecule has 0 aliphatic heterocycles. The van der Waals surface area contributed by atoms with E-state index in [-0.39, 0.29) is 78.4 Å². The van der Waals surface area contributed by atoms with Gasteiger partial charge in [-0.3, -0.25) is 0 Å². The molecule has 0 aromatic carbocycles. The molecule has 48 valence electrons. The number of hydrogen-bond donors (Lipinski definition) is 2. The van der Waals surface area contributed by atoms with Gasteiger partial charge in [-0.1, -0.05) is 0 Å². The molecule has 0 amide bonds. The van der Waals surface area contributed by atoms with Gasteiger partial charge in [-0.05, 0) is 0 Å². The Bertz CT molecular complexity index is 73.7. The minimum atomic E-state index is -1.50. The first-order valence-electron chi connectivity index (χ1n) is 1.13. The van der Waals surface area contributed by atoms with E-state index in [4.69, 9.17) is 30.6 Å². The summed E-state index contributed by atoms with van der Waals surface area (Å²) in [5, 5.41) is 27.3. The third-order valence-corrected chi connectivity index (χ3v) is 0. The fourth-order valence-corrected chi connectivity index (χ4v) is 0. The van der Waals surface area contributed by atoms with E-state index in [1.54, 1.807) is 0 Å². The van der Waals surface area contributed by atoms with Crippen LogP contribution in [0.5, 0.6) is 0 Å². The maximum atomic E-state index is 8.36. The summed E-state index contributed by atoms with van der Waals surface area (Å²) in [7, 11) is 0. The van der Waals surface area contributed by atoms with E-state index < -0.39 is 10.2 Å². The van der Waals surface area contributed by atoms with Crippen molar-refractivity contribution in [1.82, 2.24) is 0 Å². The Morgan fingerprint density at radius 3 is 1.00 bits per heavy atom. The molecule has 0 saturated carbocycles. The van der Waals surface area contributed by atoms with Crippen LogP contribution in [0, 0.1) is 20.2 Å². The van der Waals surface area contributed by atoms with E-state index in [0.717, 1.165) is 0 Å². The van der Waals surface area contributed by atoms with E-state index >= 15 is 0 Å². The number of nitrogens with zero attached hydrogens (tertiary/aromatic N) is 2. The quantitative estimate of drug-likeness (QED) is 0.265. The van der Waals surface area contributed by atoms with Gasteiger partial charge in [-0.25, -0.2) is 0 Å². The molecule has 0 aliphatic carbocycles. The second-order valence-electron chi connectivity index (χ2n) is 0.476. The normalized spacial score (nSPS) is 4.80. The van der Waals surface area contributed by atoms with Crippen LogP contribution in [-0.2, 0) is 0 Å². The Labute approximate surface area is 117 Å². The zero-order valence-corrected chi connectivity index (χ0v) is 11.6. The monoisotopic (exact) mass is 287 g/mol. The summed E-state index contributed by atoms with van der Waals surface area (Å²) in [6.07, 6.45) is 0. The Hall–Kier alpha value is 0.971. The summed E-state index contributed by atoms with van der Waals surface area (Å²) < 4.78 is 0. The molecule has 0 heterocycles. The largest absolute Gasteiger partial charge is 2.00 e. The molecular formula is H2BaN2NaO6+3. The zero-order valence-electron chi connectivity index (χ0n) is 5.13. The van der Waals surface area contributed by atoms with E-state index in [0.29, 0.717) is 0 Å². The van der Waals surface area contributed by atoms with Crippen molar-refractivity contribution in [1.29, 1.82) is 0 Å². The van der Waals surface area contributed by atoms with Gasteiger partial charge in [0.1, 0.15) is 0 Å². The maximum absolute atomic E-state index is 8.36. The topological polar surface area (TPSA) is 127 Å². The average molecular weight is 286 g/mol. The summed E-state index contributed by atoms with van der Waals surface area (Å²) in [5.41, 5.74) is 0. The van der Waals surface area contributed by atoms with E-state index in [9.17, 15) is 0 Å². The van der Waals surface area contributed by atoms with Crippen LogP contribution in [0.3, 0.4) is 0 Å². The van der Waals surface area contributed by atoms with Gasteiger partial charge in [0, 0.05) is 0 Å². The minimum Gasteiger partial charge on any atom is -0.328 e. The number of rotatable bonds is 0.